The second kappa shape index (κ2) is 15.0. The smallest absolute Gasteiger partial charge is 0.219 e. The molecule has 262 valence electrons. The van der Waals surface area contributed by atoms with Gasteiger partial charge >= 0.3 is 0 Å². The van der Waals surface area contributed by atoms with Crippen LogP contribution in [0.15, 0.2) is 73.1 Å². The number of nitrogens with zero attached hydrogens (tertiary/aromatic N) is 4. The zero-order chi connectivity index (χ0) is 35.6. The Bertz CT molecular complexity index is 2010. The Hall–Kier alpha value is -4.46. The van der Waals surface area contributed by atoms with E-state index in [0.29, 0.717) is 16.9 Å². The number of pyridine rings is 2. The molecule has 2 aliphatic carbocycles. The lowest BCUT2D eigenvalue weighted by molar-refractivity contribution is -0.615. The molecule has 9 heteroatoms. The number of carbonyl (C=O) groups is 2. The van der Waals surface area contributed by atoms with Crippen LogP contribution in [0.5, 0.6) is 0 Å². The maximum absolute atomic E-state index is 12.7. The summed E-state index contributed by atoms with van der Waals surface area (Å²) in [5.74, 6) is 1.33. The molecule has 7 nitrogen and oxygen atoms in total. The van der Waals surface area contributed by atoms with Crippen molar-refractivity contribution in [1.82, 2.24) is 14.8 Å². The van der Waals surface area contributed by atoms with Crippen molar-refractivity contribution >= 4 is 59.3 Å². The van der Waals surface area contributed by atoms with Gasteiger partial charge in [-0.3, -0.25) is 14.6 Å². The van der Waals surface area contributed by atoms with Gasteiger partial charge in [0.05, 0.1) is 11.6 Å². The van der Waals surface area contributed by atoms with Gasteiger partial charge in [-0.1, -0.05) is 59.6 Å². The zero-order valence-corrected chi connectivity index (χ0v) is 30.5. The lowest BCUT2D eigenvalue weighted by Gasteiger charge is -2.36. The summed E-state index contributed by atoms with van der Waals surface area (Å²) in [6.45, 7) is 6.42. The van der Waals surface area contributed by atoms with Crippen LogP contribution in [0.2, 0.25) is 10.0 Å². The van der Waals surface area contributed by atoms with E-state index in [9.17, 15) is 14.8 Å². The van der Waals surface area contributed by atoms with Crippen molar-refractivity contribution in [3.8, 4) is 0 Å². The minimum absolute atomic E-state index is 0.0000693. The Morgan fingerprint density at radius 1 is 0.686 bits per heavy atom. The van der Waals surface area contributed by atoms with Gasteiger partial charge in [0.2, 0.25) is 17.5 Å². The lowest BCUT2D eigenvalue weighted by Crippen LogP contribution is -2.42. The van der Waals surface area contributed by atoms with E-state index < -0.39 is 0 Å². The molecule has 2 amide bonds. The second-order valence-corrected chi connectivity index (χ2v) is 14.9. The SMILES string of the molecule is CC(=O)N1CCC(C2c3ccc(Cl)cc3C=Cc3ccc[n+]([O-])c32)CC1.CC(=O)N1CCC(C2c3ccc(Cl)cc3C=Cc3cccnc32)CC1. The van der Waals surface area contributed by atoms with E-state index in [1.165, 1.54) is 16.7 Å². The molecule has 2 aromatic heterocycles. The number of fused-ring (bicyclic) bond motifs is 4. The molecule has 4 aliphatic rings. The van der Waals surface area contributed by atoms with Crippen molar-refractivity contribution in [2.24, 2.45) is 11.8 Å². The predicted octanol–water partition coefficient (Wildman–Crippen LogP) is 8.46. The molecule has 0 saturated carbocycles. The van der Waals surface area contributed by atoms with Gasteiger partial charge in [-0.15, -0.1) is 0 Å². The zero-order valence-electron chi connectivity index (χ0n) is 29.0. The van der Waals surface area contributed by atoms with Crippen LogP contribution in [0.25, 0.3) is 24.3 Å². The fraction of sp³-hybridized carbons (Fsp3) is 0.333. The van der Waals surface area contributed by atoms with E-state index >= 15 is 0 Å². The lowest BCUT2D eigenvalue weighted by atomic mass is 9.76. The number of piperidine rings is 2. The van der Waals surface area contributed by atoms with Crippen LogP contribution in [-0.4, -0.2) is 52.8 Å². The summed E-state index contributed by atoms with van der Waals surface area (Å²) < 4.78 is 1.01. The fourth-order valence-corrected chi connectivity index (χ4v) is 8.82. The molecule has 0 N–H and O–H groups in total. The van der Waals surface area contributed by atoms with Crippen LogP contribution in [0.4, 0.5) is 0 Å². The van der Waals surface area contributed by atoms with Crippen LogP contribution in [-0.2, 0) is 9.59 Å². The molecular formula is C42H42Cl2N4O3. The van der Waals surface area contributed by atoms with Crippen LogP contribution >= 0.6 is 23.2 Å². The third kappa shape index (κ3) is 7.33. The highest BCUT2D eigenvalue weighted by Gasteiger charge is 2.37. The molecule has 2 atom stereocenters. The Kier molecular flexibility index (Phi) is 10.3. The molecule has 4 aromatic rings. The first-order valence-corrected chi connectivity index (χ1v) is 18.6. The van der Waals surface area contributed by atoms with Crippen molar-refractivity contribution in [3.05, 3.63) is 133 Å². The minimum atomic E-state index is 0.0000693. The number of halogens is 2. The van der Waals surface area contributed by atoms with Gasteiger partial charge < -0.3 is 15.0 Å². The normalized spacial score (nSPS) is 19.8. The Labute approximate surface area is 309 Å². The van der Waals surface area contributed by atoms with E-state index in [2.05, 4.69) is 24.3 Å². The second-order valence-electron chi connectivity index (χ2n) is 14.0. The van der Waals surface area contributed by atoms with Crippen LogP contribution < -0.4 is 4.73 Å². The summed E-state index contributed by atoms with van der Waals surface area (Å²) >= 11 is 12.5. The van der Waals surface area contributed by atoms with Gasteiger partial charge in [-0.2, -0.15) is 4.73 Å². The number of likely N-dealkylation sites (tertiary alicyclic amines) is 2. The number of rotatable bonds is 2. The summed E-state index contributed by atoms with van der Waals surface area (Å²) in [5, 5.41) is 14.2. The predicted molar refractivity (Wildman–Crippen MR) is 204 cm³/mol. The maximum Gasteiger partial charge on any atom is 0.219 e. The average molecular weight is 722 g/mol. The van der Waals surface area contributed by atoms with Crippen molar-refractivity contribution in [2.75, 3.05) is 26.2 Å². The number of aromatic nitrogens is 2. The monoisotopic (exact) mass is 720 g/mol. The number of amides is 2. The molecule has 4 heterocycles. The summed E-state index contributed by atoms with van der Waals surface area (Å²) in [5.41, 5.74) is 8.73. The molecule has 2 aliphatic heterocycles. The molecule has 0 bridgehead atoms. The molecule has 0 radical (unpaired) electrons. The van der Waals surface area contributed by atoms with Crippen LogP contribution in [0, 0.1) is 17.0 Å². The van der Waals surface area contributed by atoms with E-state index in [0.717, 1.165) is 89.7 Å². The third-order valence-electron chi connectivity index (χ3n) is 11.1. The number of hydrogen-bond acceptors (Lipinski definition) is 4. The highest BCUT2D eigenvalue weighted by Crippen LogP contribution is 2.44. The van der Waals surface area contributed by atoms with Crippen LogP contribution in [0.1, 0.15) is 96.1 Å². The van der Waals surface area contributed by atoms with Gasteiger partial charge in [0.15, 0.2) is 6.20 Å². The molecule has 2 saturated heterocycles. The Morgan fingerprint density at radius 3 is 1.75 bits per heavy atom. The van der Waals surface area contributed by atoms with Gasteiger partial charge in [-0.05, 0) is 108 Å². The van der Waals surface area contributed by atoms with Crippen molar-refractivity contribution in [1.29, 1.82) is 0 Å². The maximum atomic E-state index is 12.7. The summed E-state index contributed by atoms with van der Waals surface area (Å²) in [6.07, 6.45) is 15.6. The first kappa shape index (κ1) is 35.0. The van der Waals surface area contributed by atoms with E-state index in [4.69, 9.17) is 28.2 Å². The Morgan fingerprint density at radius 2 is 1.18 bits per heavy atom. The molecule has 8 rings (SSSR count). The Balaban J connectivity index is 0.000000159. The molecule has 2 unspecified atom stereocenters. The highest BCUT2D eigenvalue weighted by atomic mass is 35.5. The van der Waals surface area contributed by atoms with Crippen LogP contribution in [0.3, 0.4) is 0 Å². The van der Waals surface area contributed by atoms with Gasteiger partial charge in [0, 0.05) is 73.8 Å². The van der Waals surface area contributed by atoms with Crippen molar-refractivity contribution in [3.63, 3.8) is 0 Å². The first-order valence-electron chi connectivity index (χ1n) is 17.8. The number of carbonyl (C=O) groups excluding carboxylic acids is 2. The van der Waals surface area contributed by atoms with Gasteiger partial charge in [-0.25, -0.2) is 0 Å². The first-order chi connectivity index (χ1) is 24.7. The largest absolute Gasteiger partial charge is 0.618 e. The molecular weight excluding hydrogens is 679 g/mol. The molecule has 0 spiro atoms. The fourth-order valence-electron chi connectivity index (χ4n) is 8.46. The topological polar surface area (TPSA) is 80.4 Å². The average Bonchev–Trinajstić information content (AvgIpc) is 3.40. The summed E-state index contributed by atoms with van der Waals surface area (Å²) in [7, 11) is 0. The van der Waals surface area contributed by atoms with Crippen molar-refractivity contribution < 1.29 is 14.3 Å². The summed E-state index contributed by atoms with van der Waals surface area (Å²) in [6, 6.07) is 20.0. The quantitative estimate of drug-likeness (QED) is 0.154. The summed E-state index contributed by atoms with van der Waals surface area (Å²) in [4.78, 5) is 31.9. The molecule has 2 aromatic carbocycles. The van der Waals surface area contributed by atoms with Gasteiger partial charge in [0.25, 0.3) is 0 Å². The minimum Gasteiger partial charge on any atom is -0.618 e. The molecule has 2 fully saturated rings. The van der Waals surface area contributed by atoms with Crippen molar-refractivity contribution in [2.45, 2.75) is 51.4 Å². The highest BCUT2D eigenvalue weighted by molar-refractivity contribution is 6.31. The van der Waals surface area contributed by atoms with E-state index in [1.807, 2.05) is 70.6 Å². The standard InChI is InChI=1S/C21H21ClN2O2.C21H21ClN2O/c1-14(25)23-11-8-15(9-12-23)20-19-7-6-18(22)13-17(19)5-4-16-3-2-10-24(26)21(16)20;1-14(25)24-11-8-15(9-12-24)20-19-7-6-18(22)13-17(19)5-4-16-3-2-10-23-21(16)20/h2-7,10,13,15,20H,8-9,11-12H2,1H3;2-7,10,13,15,20H,8-9,11-12H2,1H3. The van der Waals surface area contributed by atoms with Gasteiger partial charge in [0.1, 0.15) is 0 Å². The van der Waals surface area contributed by atoms with E-state index in [-0.39, 0.29) is 23.7 Å². The third-order valence-corrected chi connectivity index (χ3v) is 11.5. The molecule has 51 heavy (non-hydrogen) atoms. The number of benzene rings is 2. The number of hydrogen-bond donors (Lipinski definition) is 0. The van der Waals surface area contributed by atoms with E-state index in [1.54, 1.807) is 26.1 Å².